The number of likely N-dealkylation sites (N-methyl/N-ethyl adjacent to an activating group) is 1. The van der Waals surface area contributed by atoms with Crippen molar-refractivity contribution in [1.29, 1.82) is 5.41 Å². The molecule has 1 fully saturated rings. The topological polar surface area (TPSA) is 90.8 Å². The van der Waals surface area contributed by atoms with Gasteiger partial charge in [0.1, 0.15) is 28.8 Å². The molecule has 198 valence electrons. The van der Waals surface area contributed by atoms with Gasteiger partial charge < -0.3 is 30.0 Å². The van der Waals surface area contributed by atoms with E-state index in [0.717, 1.165) is 18.6 Å². The van der Waals surface area contributed by atoms with E-state index < -0.39 is 0 Å². The number of hydrogen-bond acceptors (Lipinski definition) is 7. The molecule has 0 saturated carbocycles. The number of anilines is 1. The minimum Gasteiger partial charge on any atom is -0.457 e. The fraction of sp³-hybridized carbons (Fsp3) is 0.300. The first-order valence-electron chi connectivity index (χ1n) is 12.8. The lowest BCUT2D eigenvalue weighted by atomic mass is 9.89. The lowest BCUT2D eigenvalue weighted by Gasteiger charge is -2.33. The zero-order chi connectivity index (χ0) is 26.9. The third-order valence-electron chi connectivity index (χ3n) is 6.32. The van der Waals surface area contributed by atoms with Crippen molar-refractivity contribution in [3.05, 3.63) is 84.6 Å². The number of para-hydroxylation sites is 1. The Bertz CT molecular complexity index is 1260. The number of likely N-dealkylation sites (tertiary alicyclic amines) is 1. The van der Waals surface area contributed by atoms with Crippen molar-refractivity contribution in [1.82, 2.24) is 14.8 Å². The fourth-order valence-corrected chi connectivity index (χ4v) is 4.39. The first-order valence-corrected chi connectivity index (χ1v) is 12.8. The minimum absolute atomic E-state index is 0.0151. The molecule has 1 atom stereocenters. The molecular weight excluding hydrogens is 478 g/mol. The van der Waals surface area contributed by atoms with Crippen LogP contribution in [0.15, 0.2) is 79.0 Å². The minimum atomic E-state index is -0.116. The summed E-state index contributed by atoms with van der Waals surface area (Å²) in [5.41, 5.74) is 1.03. The van der Waals surface area contributed by atoms with Crippen LogP contribution in [0.4, 0.5) is 5.82 Å². The Hall–Kier alpha value is -4.17. The predicted molar refractivity (Wildman–Crippen MR) is 151 cm³/mol. The number of benzene rings is 2. The van der Waals surface area contributed by atoms with Gasteiger partial charge >= 0.3 is 0 Å². The van der Waals surface area contributed by atoms with Crippen LogP contribution in [0.25, 0.3) is 0 Å². The van der Waals surface area contributed by atoms with Crippen LogP contribution in [0.3, 0.4) is 0 Å². The van der Waals surface area contributed by atoms with Crippen molar-refractivity contribution in [3.63, 3.8) is 0 Å². The van der Waals surface area contributed by atoms with E-state index in [9.17, 15) is 4.79 Å². The van der Waals surface area contributed by atoms with Crippen LogP contribution in [-0.4, -0.2) is 67.2 Å². The van der Waals surface area contributed by atoms with Gasteiger partial charge in [-0.3, -0.25) is 4.79 Å². The predicted octanol–water partition coefficient (Wildman–Crippen LogP) is 5.43. The van der Waals surface area contributed by atoms with Crippen molar-refractivity contribution < 1.29 is 14.3 Å². The molecule has 1 amide bonds. The highest BCUT2D eigenvalue weighted by Gasteiger charge is 2.29. The second kappa shape index (κ2) is 12.9. The van der Waals surface area contributed by atoms with Crippen molar-refractivity contribution in [3.8, 4) is 23.0 Å². The summed E-state index contributed by atoms with van der Waals surface area (Å²) in [6.07, 6.45) is 6.84. The number of hydrogen-bond donors (Lipinski definition) is 2. The van der Waals surface area contributed by atoms with Gasteiger partial charge in [-0.15, -0.1) is 0 Å². The number of carbonyl (C=O) groups excluding carboxylic acids is 1. The molecule has 0 bridgehead atoms. The first kappa shape index (κ1) is 26.9. The summed E-state index contributed by atoms with van der Waals surface area (Å²) in [6.45, 7) is 1.90. The van der Waals surface area contributed by atoms with Crippen molar-refractivity contribution in [2.24, 2.45) is 5.92 Å². The quantitative estimate of drug-likeness (QED) is 0.277. The lowest BCUT2D eigenvalue weighted by Crippen LogP contribution is -2.42. The number of aromatic nitrogens is 1. The van der Waals surface area contributed by atoms with Gasteiger partial charge in [0, 0.05) is 44.9 Å². The SMILES string of the molecule is CNc1nccc(Oc2ccc(Oc3ccccc3)cc2)c1C(=N)C1CCCN(C(=O)/C=C/CN(C)C)C1. The van der Waals surface area contributed by atoms with Crippen LogP contribution >= 0.6 is 0 Å². The Labute approximate surface area is 224 Å². The molecule has 1 aliphatic rings. The van der Waals surface area contributed by atoms with Crippen LogP contribution in [0.2, 0.25) is 0 Å². The average Bonchev–Trinajstić information content (AvgIpc) is 2.94. The van der Waals surface area contributed by atoms with Gasteiger partial charge in [-0.25, -0.2) is 4.98 Å². The summed E-state index contributed by atoms with van der Waals surface area (Å²) in [6, 6.07) is 18.7. The number of ether oxygens (including phenoxy) is 2. The van der Waals surface area contributed by atoms with Crippen molar-refractivity contribution >= 4 is 17.4 Å². The second-order valence-electron chi connectivity index (χ2n) is 9.47. The fourth-order valence-electron chi connectivity index (χ4n) is 4.39. The van der Waals surface area contributed by atoms with Gasteiger partial charge in [0.25, 0.3) is 0 Å². The van der Waals surface area contributed by atoms with Gasteiger partial charge in [0.15, 0.2) is 0 Å². The third kappa shape index (κ3) is 6.98. The number of piperidine rings is 1. The lowest BCUT2D eigenvalue weighted by molar-refractivity contribution is -0.127. The Kier molecular flexibility index (Phi) is 9.11. The summed E-state index contributed by atoms with van der Waals surface area (Å²) >= 11 is 0. The summed E-state index contributed by atoms with van der Waals surface area (Å²) in [7, 11) is 5.71. The monoisotopic (exact) mass is 513 g/mol. The number of amides is 1. The maximum absolute atomic E-state index is 12.7. The second-order valence-corrected chi connectivity index (χ2v) is 9.47. The molecule has 3 aromatic rings. The Morgan fingerprint density at radius 3 is 2.45 bits per heavy atom. The molecule has 2 N–H and O–H groups in total. The summed E-state index contributed by atoms with van der Waals surface area (Å²) in [5.74, 6) is 3.08. The van der Waals surface area contributed by atoms with Crippen molar-refractivity contribution in [2.75, 3.05) is 46.1 Å². The molecule has 2 aromatic carbocycles. The number of nitrogens with zero attached hydrogens (tertiary/aromatic N) is 3. The third-order valence-corrected chi connectivity index (χ3v) is 6.32. The number of nitrogens with one attached hydrogen (secondary N) is 2. The molecule has 38 heavy (non-hydrogen) atoms. The highest BCUT2D eigenvalue weighted by atomic mass is 16.5. The van der Waals surface area contributed by atoms with E-state index >= 15 is 0 Å². The van der Waals surface area contributed by atoms with Gasteiger partial charge in [0.05, 0.1) is 11.3 Å². The Balaban J connectivity index is 1.49. The van der Waals surface area contributed by atoms with Crippen LogP contribution in [0.1, 0.15) is 18.4 Å². The summed E-state index contributed by atoms with van der Waals surface area (Å²) in [5, 5.41) is 12.2. The van der Waals surface area contributed by atoms with Crippen molar-refractivity contribution in [2.45, 2.75) is 12.8 Å². The van der Waals surface area contributed by atoms with E-state index in [1.807, 2.05) is 84.6 Å². The van der Waals surface area contributed by atoms with Crippen LogP contribution in [0.5, 0.6) is 23.0 Å². The van der Waals surface area contributed by atoms with E-state index in [2.05, 4.69) is 10.3 Å². The maximum atomic E-state index is 12.7. The zero-order valence-corrected chi connectivity index (χ0v) is 22.2. The van der Waals surface area contributed by atoms with E-state index in [0.29, 0.717) is 54.0 Å². The Morgan fingerprint density at radius 2 is 1.76 bits per heavy atom. The standard InChI is InChI=1S/C30H35N5O3/c1-32-30-28(29(31)22-9-7-20-35(21-22)27(36)12-8-19-34(2)3)26(17-18-33-30)38-25-15-13-24(14-16-25)37-23-10-5-4-6-11-23/h4-6,8,10-18,22,31H,7,9,19-21H2,1-3H3,(H,32,33)/b12-8+,31-29?. The number of pyridine rings is 1. The molecule has 0 radical (unpaired) electrons. The van der Waals surface area contributed by atoms with Gasteiger partial charge in [0.2, 0.25) is 5.91 Å². The normalized spacial score (nSPS) is 15.5. The number of rotatable bonds is 10. The molecule has 2 heterocycles. The van der Waals surface area contributed by atoms with Gasteiger partial charge in [-0.1, -0.05) is 24.3 Å². The highest BCUT2D eigenvalue weighted by molar-refractivity contribution is 6.06. The molecular formula is C30H35N5O3. The number of carbonyl (C=O) groups is 1. The largest absolute Gasteiger partial charge is 0.457 e. The molecule has 4 rings (SSSR count). The van der Waals surface area contributed by atoms with E-state index in [4.69, 9.17) is 14.9 Å². The molecule has 8 nitrogen and oxygen atoms in total. The van der Waals surface area contributed by atoms with Crippen LogP contribution in [-0.2, 0) is 4.79 Å². The summed E-state index contributed by atoms with van der Waals surface area (Å²) < 4.78 is 12.1. The smallest absolute Gasteiger partial charge is 0.246 e. The van der Waals surface area contributed by atoms with Gasteiger partial charge in [-0.05, 0) is 69.4 Å². The molecule has 1 saturated heterocycles. The zero-order valence-electron chi connectivity index (χ0n) is 22.2. The highest BCUT2D eigenvalue weighted by Crippen LogP contribution is 2.34. The average molecular weight is 514 g/mol. The first-order chi connectivity index (χ1) is 18.4. The van der Waals surface area contributed by atoms with Crippen LogP contribution < -0.4 is 14.8 Å². The Morgan fingerprint density at radius 1 is 1.08 bits per heavy atom. The maximum Gasteiger partial charge on any atom is 0.246 e. The summed E-state index contributed by atoms with van der Waals surface area (Å²) in [4.78, 5) is 21.0. The van der Waals surface area contributed by atoms with E-state index in [1.165, 1.54) is 0 Å². The molecule has 0 aliphatic carbocycles. The van der Waals surface area contributed by atoms with E-state index in [1.54, 1.807) is 25.4 Å². The molecule has 1 aliphatic heterocycles. The molecule has 0 spiro atoms. The van der Waals surface area contributed by atoms with Crippen LogP contribution in [0, 0.1) is 11.3 Å². The van der Waals surface area contributed by atoms with E-state index in [-0.39, 0.29) is 11.8 Å². The molecule has 1 aromatic heterocycles. The molecule has 1 unspecified atom stereocenters. The molecule has 8 heteroatoms. The van der Waals surface area contributed by atoms with Gasteiger partial charge in [-0.2, -0.15) is 0 Å².